The van der Waals surface area contributed by atoms with E-state index in [1.54, 1.807) is 6.07 Å². The first-order chi connectivity index (χ1) is 9.82. The second-order valence-corrected chi connectivity index (χ2v) is 5.86. The highest BCUT2D eigenvalue weighted by Gasteiger charge is 2.47. The molecule has 114 valence electrons. The summed E-state index contributed by atoms with van der Waals surface area (Å²) in [6.45, 7) is 3.50. The van der Waals surface area contributed by atoms with Gasteiger partial charge < -0.3 is 15.7 Å². The standard InChI is InChI=1S/C15H19FN2O3/c1-15(2)11(7-12(15)19)18-13(20)8-17-14(21)9-5-3-4-6-10(9)16/h3-6,11-12,19H,7-8H2,1-2H3,(H,17,21)(H,18,20). The lowest BCUT2D eigenvalue weighted by Gasteiger charge is -2.49. The van der Waals surface area contributed by atoms with Crippen LogP contribution in [-0.2, 0) is 4.79 Å². The van der Waals surface area contributed by atoms with Crippen LogP contribution in [0.1, 0.15) is 30.6 Å². The number of amides is 2. The summed E-state index contributed by atoms with van der Waals surface area (Å²) in [5, 5.41) is 14.7. The Morgan fingerprint density at radius 3 is 2.62 bits per heavy atom. The Morgan fingerprint density at radius 2 is 2.05 bits per heavy atom. The third-order valence-electron chi connectivity index (χ3n) is 4.08. The van der Waals surface area contributed by atoms with Crippen LogP contribution in [-0.4, -0.2) is 35.6 Å². The minimum absolute atomic E-state index is 0.0929. The highest BCUT2D eigenvalue weighted by molar-refractivity contribution is 5.96. The molecule has 1 aliphatic carbocycles. The third kappa shape index (κ3) is 3.21. The Hall–Kier alpha value is -1.95. The van der Waals surface area contributed by atoms with Gasteiger partial charge in [0.25, 0.3) is 5.91 Å². The minimum atomic E-state index is -0.629. The van der Waals surface area contributed by atoms with Gasteiger partial charge >= 0.3 is 0 Å². The van der Waals surface area contributed by atoms with Crippen LogP contribution in [0.15, 0.2) is 24.3 Å². The van der Waals surface area contributed by atoms with Crippen LogP contribution in [0.5, 0.6) is 0 Å². The highest BCUT2D eigenvalue weighted by Crippen LogP contribution is 2.40. The van der Waals surface area contributed by atoms with Gasteiger partial charge in [0.15, 0.2) is 0 Å². The number of hydrogen-bond donors (Lipinski definition) is 3. The fourth-order valence-corrected chi connectivity index (χ4v) is 2.29. The van der Waals surface area contributed by atoms with Crippen molar-refractivity contribution in [2.24, 2.45) is 5.41 Å². The smallest absolute Gasteiger partial charge is 0.254 e. The van der Waals surface area contributed by atoms with Gasteiger partial charge in [-0.3, -0.25) is 9.59 Å². The predicted molar refractivity (Wildman–Crippen MR) is 75.1 cm³/mol. The van der Waals surface area contributed by atoms with Crippen molar-refractivity contribution in [2.75, 3.05) is 6.54 Å². The molecule has 0 radical (unpaired) electrons. The van der Waals surface area contributed by atoms with E-state index in [0.717, 1.165) is 0 Å². The fraction of sp³-hybridized carbons (Fsp3) is 0.467. The number of carbonyl (C=O) groups is 2. The third-order valence-corrected chi connectivity index (χ3v) is 4.08. The molecular formula is C15H19FN2O3. The number of aliphatic hydroxyl groups is 1. The maximum absolute atomic E-state index is 13.4. The molecule has 2 rings (SSSR count). The zero-order valence-corrected chi connectivity index (χ0v) is 12.0. The van der Waals surface area contributed by atoms with E-state index in [1.165, 1.54) is 18.2 Å². The Bertz CT molecular complexity index is 560. The number of nitrogens with one attached hydrogen (secondary N) is 2. The Morgan fingerprint density at radius 1 is 1.38 bits per heavy atom. The SMILES string of the molecule is CC1(C)C(O)CC1NC(=O)CNC(=O)c1ccccc1F. The van der Waals surface area contributed by atoms with E-state index in [2.05, 4.69) is 10.6 Å². The summed E-state index contributed by atoms with van der Waals surface area (Å²) >= 11 is 0. The first-order valence-corrected chi connectivity index (χ1v) is 6.82. The lowest BCUT2D eigenvalue weighted by molar-refractivity contribution is -0.128. The molecule has 0 saturated heterocycles. The quantitative estimate of drug-likeness (QED) is 0.769. The topological polar surface area (TPSA) is 78.4 Å². The summed E-state index contributed by atoms with van der Waals surface area (Å²) in [4.78, 5) is 23.5. The molecule has 0 heterocycles. The van der Waals surface area contributed by atoms with Crippen molar-refractivity contribution in [3.8, 4) is 0 Å². The maximum Gasteiger partial charge on any atom is 0.254 e. The molecule has 0 aliphatic heterocycles. The molecule has 1 aromatic carbocycles. The van der Waals surface area contributed by atoms with E-state index in [1.807, 2.05) is 13.8 Å². The summed E-state index contributed by atoms with van der Waals surface area (Å²) < 4.78 is 13.4. The summed E-state index contributed by atoms with van der Waals surface area (Å²) in [6, 6.07) is 5.46. The van der Waals surface area contributed by atoms with E-state index < -0.39 is 17.8 Å². The van der Waals surface area contributed by atoms with Crippen LogP contribution in [0.25, 0.3) is 0 Å². The van der Waals surface area contributed by atoms with Crippen molar-refractivity contribution in [2.45, 2.75) is 32.4 Å². The molecule has 2 amide bonds. The molecule has 2 unspecified atom stereocenters. The molecule has 6 heteroatoms. The normalized spacial score (nSPS) is 23.0. The van der Waals surface area contributed by atoms with Crippen molar-refractivity contribution >= 4 is 11.8 Å². The van der Waals surface area contributed by atoms with Crippen molar-refractivity contribution in [3.05, 3.63) is 35.6 Å². The maximum atomic E-state index is 13.4. The molecule has 0 aromatic heterocycles. The lowest BCUT2D eigenvalue weighted by Crippen LogP contribution is -2.62. The van der Waals surface area contributed by atoms with Gasteiger partial charge in [-0.2, -0.15) is 0 Å². The van der Waals surface area contributed by atoms with E-state index in [-0.39, 0.29) is 29.5 Å². The fourth-order valence-electron chi connectivity index (χ4n) is 2.29. The van der Waals surface area contributed by atoms with E-state index in [0.29, 0.717) is 6.42 Å². The largest absolute Gasteiger partial charge is 0.392 e. The molecular weight excluding hydrogens is 275 g/mol. The molecule has 5 nitrogen and oxygen atoms in total. The monoisotopic (exact) mass is 294 g/mol. The average molecular weight is 294 g/mol. The molecule has 2 atom stereocenters. The van der Waals surface area contributed by atoms with Crippen LogP contribution in [0, 0.1) is 11.2 Å². The molecule has 3 N–H and O–H groups in total. The number of hydrogen-bond acceptors (Lipinski definition) is 3. The van der Waals surface area contributed by atoms with Gasteiger partial charge in [-0.1, -0.05) is 26.0 Å². The van der Waals surface area contributed by atoms with Crippen LogP contribution >= 0.6 is 0 Å². The molecule has 1 saturated carbocycles. The second-order valence-electron chi connectivity index (χ2n) is 5.86. The van der Waals surface area contributed by atoms with Crippen molar-refractivity contribution in [3.63, 3.8) is 0 Å². The molecule has 0 spiro atoms. The van der Waals surface area contributed by atoms with Gasteiger partial charge in [0.1, 0.15) is 5.82 Å². The number of halogens is 1. The van der Waals surface area contributed by atoms with Gasteiger partial charge in [-0.25, -0.2) is 4.39 Å². The van der Waals surface area contributed by atoms with Gasteiger partial charge in [0, 0.05) is 11.5 Å². The second kappa shape index (κ2) is 5.81. The zero-order chi connectivity index (χ0) is 15.6. The van der Waals surface area contributed by atoms with Gasteiger partial charge in [0.2, 0.25) is 5.91 Å². The Balaban J connectivity index is 1.82. The van der Waals surface area contributed by atoms with Crippen LogP contribution in [0.3, 0.4) is 0 Å². The minimum Gasteiger partial charge on any atom is -0.392 e. The summed E-state index contributed by atoms with van der Waals surface area (Å²) in [7, 11) is 0. The molecule has 21 heavy (non-hydrogen) atoms. The van der Waals surface area contributed by atoms with E-state index in [9.17, 15) is 19.1 Å². The molecule has 0 bridgehead atoms. The number of benzene rings is 1. The van der Waals surface area contributed by atoms with Crippen molar-refractivity contribution < 1.29 is 19.1 Å². The van der Waals surface area contributed by atoms with Crippen LogP contribution in [0.2, 0.25) is 0 Å². The van der Waals surface area contributed by atoms with Crippen LogP contribution < -0.4 is 10.6 Å². The molecule has 1 fully saturated rings. The molecule has 1 aliphatic rings. The summed E-state index contributed by atoms with van der Waals surface area (Å²) in [5.74, 6) is -1.61. The first kappa shape index (κ1) is 15.4. The molecule has 1 aromatic rings. The number of carbonyl (C=O) groups excluding carboxylic acids is 2. The Kier molecular flexibility index (Phi) is 4.27. The van der Waals surface area contributed by atoms with Crippen molar-refractivity contribution in [1.29, 1.82) is 0 Å². The number of aliphatic hydroxyl groups excluding tert-OH is 1. The Labute approximate surface area is 122 Å². The first-order valence-electron chi connectivity index (χ1n) is 6.82. The summed E-state index contributed by atoms with van der Waals surface area (Å²) in [6.07, 6.45) is 0.0656. The van der Waals surface area contributed by atoms with Gasteiger partial charge in [-0.05, 0) is 18.6 Å². The highest BCUT2D eigenvalue weighted by atomic mass is 19.1. The zero-order valence-electron chi connectivity index (χ0n) is 12.0. The lowest BCUT2D eigenvalue weighted by atomic mass is 9.64. The van der Waals surface area contributed by atoms with Gasteiger partial charge in [0.05, 0.1) is 18.2 Å². The summed E-state index contributed by atoms with van der Waals surface area (Å²) in [5.41, 5.74) is -0.463. The average Bonchev–Trinajstić information content (AvgIpc) is 2.45. The van der Waals surface area contributed by atoms with E-state index in [4.69, 9.17) is 0 Å². The van der Waals surface area contributed by atoms with Crippen molar-refractivity contribution in [1.82, 2.24) is 10.6 Å². The van der Waals surface area contributed by atoms with Crippen LogP contribution in [0.4, 0.5) is 4.39 Å². The van der Waals surface area contributed by atoms with E-state index >= 15 is 0 Å². The number of rotatable bonds is 4. The predicted octanol–water partition coefficient (Wildman–Crippen LogP) is 0.831. The van der Waals surface area contributed by atoms with Gasteiger partial charge in [-0.15, -0.1) is 0 Å².